The van der Waals surface area contributed by atoms with Crippen molar-refractivity contribution in [3.05, 3.63) is 35.4 Å². The van der Waals surface area contributed by atoms with Gasteiger partial charge in [0.2, 0.25) is 0 Å². The summed E-state index contributed by atoms with van der Waals surface area (Å²) >= 11 is 0. The van der Waals surface area contributed by atoms with Gasteiger partial charge in [-0.1, -0.05) is 24.3 Å². The number of hydrogen-bond acceptors (Lipinski definition) is 2. The van der Waals surface area contributed by atoms with E-state index in [-0.39, 0.29) is 5.54 Å². The van der Waals surface area contributed by atoms with E-state index in [1.165, 1.54) is 11.1 Å². The van der Waals surface area contributed by atoms with E-state index in [1.54, 1.807) is 0 Å². The highest BCUT2D eigenvalue weighted by Gasteiger charge is 2.40. The van der Waals surface area contributed by atoms with Gasteiger partial charge in [0.25, 0.3) is 0 Å². The van der Waals surface area contributed by atoms with Crippen LogP contribution in [-0.4, -0.2) is 13.2 Å². The van der Waals surface area contributed by atoms with Crippen molar-refractivity contribution in [1.82, 2.24) is 0 Å². The second kappa shape index (κ2) is 3.32. The Hall–Kier alpha value is -0.860. The van der Waals surface area contributed by atoms with Crippen LogP contribution in [0.1, 0.15) is 36.3 Å². The zero-order valence-corrected chi connectivity index (χ0v) is 8.91. The van der Waals surface area contributed by atoms with Gasteiger partial charge in [-0.2, -0.15) is 0 Å². The Morgan fingerprint density at radius 1 is 1.33 bits per heavy atom. The molecule has 2 nitrogen and oxygen atoms in total. The maximum atomic E-state index is 6.20. The van der Waals surface area contributed by atoms with Crippen molar-refractivity contribution in [2.75, 3.05) is 13.2 Å². The minimum Gasteiger partial charge on any atom is -0.381 e. The lowest BCUT2D eigenvalue weighted by molar-refractivity contribution is 0.194. The van der Waals surface area contributed by atoms with Gasteiger partial charge in [-0.25, -0.2) is 0 Å². The molecule has 0 aromatic heterocycles. The number of nitrogens with two attached hydrogens (primary N) is 1. The van der Waals surface area contributed by atoms with Crippen molar-refractivity contribution in [3.8, 4) is 0 Å². The van der Waals surface area contributed by atoms with Crippen molar-refractivity contribution < 1.29 is 4.74 Å². The van der Waals surface area contributed by atoms with Gasteiger partial charge in [0.05, 0.1) is 6.61 Å². The van der Waals surface area contributed by atoms with Crippen LogP contribution >= 0.6 is 0 Å². The molecule has 1 aliphatic heterocycles. The molecule has 80 valence electrons. The van der Waals surface area contributed by atoms with Crippen LogP contribution in [-0.2, 0) is 10.3 Å². The lowest BCUT2D eigenvalue weighted by Crippen LogP contribution is -2.18. The molecule has 1 atom stereocenters. The Morgan fingerprint density at radius 3 is 2.87 bits per heavy atom. The van der Waals surface area contributed by atoms with Gasteiger partial charge in [-0.3, -0.25) is 0 Å². The maximum Gasteiger partial charge on any atom is 0.0535 e. The lowest BCUT2D eigenvalue weighted by Gasteiger charge is -2.13. The summed E-state index contributed by atoms with van der Waals surface area (Å²) in [6, 6.07) is 8.78. The van der Waals surface area contributed by atoms with Gasteiger partial charge in [0, 0.05) is 18.1 Å². The fourth-order valence-corrected chi connectivity index (χ4v) is 2.32. The number of rotatable bonds is 2. The number of ether oxygens (including phenoxy) is 1. The molecule has 2 aliphatic rings. The Balaban J connectivity index is 1.89. The molecule has 3 rings (SSSR count). The molecule has 2 heteroatoms. The van der Waals surface area contributed by atoms with Crippen LogP contribution in [0, 0.1) is 0 Å². The third-order valence-corrected chi connectivity index (χ3v) is 3.65. The van der Waals surface area contributed by atoms with E-state index >= 15 is 0 Å². The van der Waals surface area contributed by atoms with Gasteiger partial charge in [0.1, 0.15) is 0 Å². The summed E-state index contributed by atoms with van der Waals surface area (Å²) in [5, 5.41) is 0. The predicted molar refractivity (Wildman–Crippen MR) is 59.7 cm³/mol. The molecule has 2 N–H and O–H groups in total. The summed E-state index contributed by atoms with van der Waals surface area (Å²) in [6.07, 6.45) is 3.43. The van der Waals surface area contributed by atoms with Crippen molar-refractivity contribution >= 4 is 0 Å². The van der Waals surface area contributed by atoms with E-state index in [1.807, 2.05) is 0 Å². The van der Waals surface area contributed by atoms with E-state index in [2.05, 4.69) is 24.3 Å². The molecule has 1 aliphatic carbocycles. The zero-order chi connectivity index (χ0) is 10.3. The molecule has 1 unspecified atom stereocenters. The van der Waals surface area contributed by atoms with Crippen LogP contribution in [0.4, 0.5) is 0 Å². The molecular weight excluding hydrogens is 186 g/mol. The fourth-order valence-electron chi connectivity index (χ4n) is 2.32. The Kier molecular flexibility index (Phi) is 2.08. The second-order valence-electron chi connectivity index (χ2n) is 4.84. The smallest absolute Gasteiger partial charge is 0.0535 e. The van der Waals surface area contributed by atoms with E-state index in [0.29, 0.717) is 5.92 Å². The zero-order valence-electron chi connectivity index (χ0n) is 8.91. The summed E-state index contributed by atoms with van der Waals surface area (Å²) in [7, 11) is 0. The minimum absolute atomic E-state index is 0.00449. The summed E-state index contributed by atoms with van der Waals surface area (Å²) in [6.45, 7) is 1.78. The topological polar surface area (TPSA) is 35.2 Å². The Bertz CT molecular complexity index is 365. The van der Waals surface area contributed by atoms with Gasteiger partial charge < -0.3 is 10.5 Å². The molecule has 0 bridgehead atoms. The van der Waals surface area contributed by atoms with Crippen molar-refractivity contribution in [3.63, 3.8) is 0 Å². The average Bonchev–Trinajstić information content (AvgIpc) is 2.84. The first-order valence-corrected chi connectivity index (χ1v) is 5.75. The molecular formula is C13H17NO. The second-order valence-corrected chi connectivity index (χ2v) is 4.84. The Labute approximate surface area is 90.4 Å². The average molecular weight is 203 g/mol. The van der Waals surface area contributed by atoms with Crippen LogP contribution in [0.5, 0.6) is 0 Å². The van der Waals surface area contributed by atoms with Crippen LogP contribution in [0.25, 0.3) is 0 Å². The normalized spacial score (nSPS) is 27.9. The Morgan fingerprint density at radius 2 is 2.20 bits per heavy atom. The summed E-state index contributed by atoms with van der Waals surface area (Å²) in [5.74, 6) is 0.590. The molecule has 1 saturated carbocycles. The van der Waals surface area contributed by atoms with Crippen LogP contribution < -0.4 is 5.73 Å². The van der Waals surface area contributed by atoms with Gasteiger partial charge in [-0.05, 0) is 30.4 Å². The highest BCUT2D eigenvalue weighted by atomic mass is 16.5. The van der Waals surface area contributed by atoms with Crippen molar-refractivity contribution in [2.24, 2.45) is 5.73 Å². The molecule has 15 heavy (non-hydrogen) atoms. The summed E-state index contributed by atoms with van der Waals surface area (Å²) < 4.78 is 5.42. The molecule has 2 fully saturated rings. The number of hydrogen-bond donors (Lipinski definition) is 1. The molecule has 1 aromatic carbocycles. The highest BCUT2D eigenvalue weighted by Crippen LogP contribution is 2.43. The van der Waals surface area contributed by atoms with Gasteiger partial charge in [0.15, 0.2) is 0 Å². The molecule has 1 heterocycles. The first-order valence-electron chi connectivity index (χ1n) is 5.75. The SMILES string of the molecule is NC1(c2cccc(C3CCOC3)c2)CC1. The van der Waals surface area contributed by atoms with Crippen molar-refractivity contribution in [1.29, 1.82) is 0 Å². The first kappa shape index (κ1) is 9.37. The molecule has 1 aromatic rings. The molecule has 1 saturated heterocycles. The van der Waals surface area contributed by atoms with E-state index in [0.717, 1.165) is 32.5 Å². The quantitative estimate of drug-likeness (QED) is 0.799. The molecule has 0 spiro atoms. The largest absolute Gasteiger partial charge is 0.381 e. The van der Waals surface area contributed by atoms with E-state index < -0.39 is 0 Å². The summed E-state index contributed by atoms with van der Waals surface area (Å²) in [5.41, 5.74) is 8.92. The third kappa shape index (κ3) is 1.68. The fraction of sp³-hybridized carbons (Fsp3) is 0.538. The van der Waals surface area contributed by atoms with E-state index in [9.17, 15) is 0 Å². The number of benzene rings is 1. The van der Waals surface area contributed by atoms with Gasteiger partial charge in [-0.15, -0.1) is 0 Å². The van der Waals surface area contributed by atoms with Crippen LogP contribution in [0.2, 0.25) is 0 Å². The van der Waals surface area contributed by atoms with E-state index in [4.69, 9.17) is 10.5 Å². The van der Waals surface area contributed by atoms with Crippen LogP contribution in [0.3, 0.4) is 0 Å². The third-order valence-electron chi connectivity index (χ3n) is 3.65. The monoisotopic (exact) mass is 203 g/mol. The summed E-state index contributed by atoms with van der Waals surface area (Å²) in [4.78, 5) is 0. The first-order chi connectivity index (χ1) is 7.28. The molecule has 0 radical (unpaired) electrons. The minimum atomic E-state index is -0.00449. The standard InChI is InChI=1S/C13H17NO/c14-13(5-6-13)12-3-1-2-10(8-12)11-4-7-15-9-11/h1-3,8,11H,4-7,9,14H2. The molecule has 0 amide bonds. The van der Waals surface area contributed by atoms with Crippen molar-refractivity contribution in [2.45, 2.75) is 30.7 Å². The maximum absolute atomic E-state index is 6.20. The predicted octanol–water partition coefficient (Wildman–Crippen LogP) is 2.14. The lowest BCUT2D eigenvalue weighted by atomic mass is 9.94. The van der Waals surface area contributed by atoms with Gasteiger partial charge >= 0.3 is 0 Å². The van der Waals surface area contributed by atoms with Crippen LogP contribution in [0.15, 0.2) is 24.3 Å². The highest BCUT2D eigenvalue weighted by molar-refractivity contribution is 5.35.